The molecule has 0 unspecified atom stereocenters. The number of aromatic nitrogens is 1. The van der Waals surface area contributed by atoms with Crippen LogP contribution in [0.3, 0.4) is 0 Å². The Hall–Kier alpha value is -2.69. The van der Waals surface area contributed by atoms with Gasteiger partial charge in [-0.25, -0.2) is 0 Å². The summed E-state index contributed by atoms with van der Waals surface area (Å²) in [6.45, 7) is 2.67. The Morgan fingerprint density at radius 1 is 1.23 bits per heavy atom. The van der Waals surface area contributed by atoms with Crippen molar-refractivity contribution in [2.24, 2.45) is 0 Å². The summed E-state index contributed by atoms with van der Waals surface area (Å²) in [5, 5.41) is 2.84. The molecule has 5 heteroatoms. The van der Waals surface area contributed by atoms with Crippen LogP contribution in [-0.4, -0.2) is 23.3 Å². The minimum atomic E-state index is -0.185. The zero-order valence-electron chi connectivity index (χ0n) is 12.4. The standard InChI is InChI=1S/C17H17N3O2/c1-12-8-9-18-11-15(12)19-17(22)13-4-6-14(7-5-13)20-10-2-3-16(20)21/h4-9,11H,2-3,10H2,1H3,(H,19,22). The number of rotatable bonds is 3. The summed E-state index contributed by atoms with van der Waals surface area (Å²) < 4.78 is 0. The van der Waals surface area contributed by atoms with E-state index in [1.807, 2.05) is 25.1 Å². The van der Waals surface area contributed by atoms with Crippen LogP contribution >= 0.6 is 0 Å². The Kier molecular flexibility index (Phi) is 3.87. The average Bonchev–Trinajstić information content (AvgIpc) is 2.96. The monoisotopic (exact) mass is 295 g/mol. The molecule has 1 fully saturated rings. The smallest absolute Gasteiger partial charge is 0.255 e. The summed E-state index contributed by atoms with van der Waals surface area (Å²) in [7, 11) is 0. The van der Waals surface area contributed by atoms with Crippen LogP contribution < -0.4 is 10.2 Å². The molecule has 5 nitrogen and oxygen atoms in total. The van der Waals surface area contributed by atoms with E-state index >= 15 is 0 Å². The molecular weight excluding hydrogens is 278 g/mol. The van der Waals surface area contributed by atoms with Gasteiger partial charge in [-0.05, 0) is 49.2 Å². The van der Waals surface area contributed by atoms with E-state index in [0.717, 1.165) is 24.2 Å². The van der Waals surface area contributed by atoms with E-state index in [9.17, 15) is 9.59 Å². The highest BCUT2D eigenvalue weighted by Gasteiger charge is 2.21. The molecule has 2 amide bonds. The summed E-state index contributed by atoms with van der Waals surface area (Å²) in [5.41, 5.74) is 3.06. The van der Waals surface area contributed by atoms with Gasteiger partial charge in [0.2, 0.25) is 5.91 Å². The number of benzene rings is 1. The number of aryl methyl sites for hydroxylation is 1. The van der Waals surface area contributed by atoms with Gasteiger partial charge in [0, 0.05) is 30.4 Å². The highest BCUT2D eigenvalue weighted by molar-refractivity contribution is 6.05. The molecule has 0 bridgehead atoms. The molecule has 1 aliphatic heterocycles. The van der Waals surface area contributed by atoms with E-state index in [1.54, 1.807) is 29.4 Å². The number of hydrogen-bond donors (Lipinski definition) is 1. The van der Waals surface area contributed by atoms with Crippen molar-refractivity contribution in [2.75, 3.05) is 16.8 Å². The maximum absolute atomic E-state index is 12.2. The number of carbonyl (C=O) groups excluding carboxylic acids is 2. The summed E-state index contributed by atoms with van der Waals surface area (Å²) in [6, 6.07) is 8.95. The fourth-order valence-electron chi connectivity index (χ4n) is 2.50. The van der Waals surface area contributed by atoms with Gasteiger partial charge in [-0.3, -0.25) is 14.6 Å². The number of anilines is 2. The lowest BCUT2D eigenvalue weighted by Gasteiger charge is -2.16. The molecule has 0 radical (unpaired) electrons. The Morgan fingerprint density at radius 2 is 2.00 bits per heavy atom. The zero-order valence-corrected chi connectivity index (χ0v) is 12.4. The van der Waals surface area contributed by atoms with Crippen molar-refractivity contribution in [3.05, 3.63) is 53.9 Å². The zero-order chi connectivity index (χ0) is 15.5. The number of nitrogens with one attached hydrogen (secondary N) is 1. The van der Waals surface area contributed by atoms with E-state index < -0.39 is 0 Å². The minimum Gasteiger partial charge on any atom is -0.320 e. The van der Waals surface area contributed by atoms with Gasteiger partial charge in [0.1, 0.15) is 0 Å². The number of carbonyl (C=O) groups is 2. The van der Waals surface area contributed by atoms with E-state index in [4.69, 9.17) is 0 Å². The molecule has 112 valence electrons. The van der Waals surface area contributed by atoms with Crippen LogP contribution in [0.1, 0.15) is 28.8 Å². The molecule has 0 spiro atoms. The normalized spacial score (nSPS) is 14.2. The molecule has 1 aliphatic rings. The second kappa shape index (κ2) is 5.97. The second-order valence-electron chi connectivity index (χ2n) is 5.34. The highest BCUT2D eigenvalue weighted by atomic mass is 16.2. The predicted octanol–water partition coefficient (Wildman–Crippen LogP) is 2.77. The SMILES string of the molecule is Cc1ccncc1NC(=O)c1ccc(N2CCCC2=O)cc1. The molecule has 0 saturated carbocycles. The molecule has 2 aromatic rings. The molecule has 0 atom stereocenters. The second-order valence-corrected chi connectivity index (χ2v) is 5.34. The Bertz CT molecular complexity index is 710. The molecule has 1 aromatic heterocycles. The van der Waals surface area contributed by atoms with Crippen LogP contribution in [0.25, 0.3) is 0 Å². The lowest BCUT2D eigenvalue weighted by Crippen LogP contribution is -2.23. The van der Waals surface area contributed by atoms with Gasteiger partial charge >= 0.3 is 0 Å². The van der Waals surface area contributed by atoms with Crippen LogP contribution in [0.2, 0.25) is 0 Å². The third kappa shape index (κ3) is 2.83. The third-order valence-electron chi connectivity index (χ3n) is 3.80. The van der Waals surface area contributed by atoms with Gasteiger partial charge in [-0.2, -0.15) is 0 Å². The Labute approximate surface area is 129 Å². The predicted molar refractivity (Wildman–Crippen MR) is 85.0 cm³/mol. The summed E-state index contributed by atoms with van der Waals surface area (Å²) in [6.07, 6.45) is 4.81. The van der Waals surface area contributed by atoms with Crippen molar-refractivity contribution >= 4 is 23.2 Å². The van der Waals surface area contributed by atoms with Crippen molar-refractivity contribution in [1.29, 1.82) is 0 Å². The first kappa shape index (κ1) is 14.3. The van der Waals surface area contributed by atoms with Crippen LogP contribution in [-0.2, 0) is 4.79 Å². The number of pyridine rings is 1. The van der Waals surface area contributed by atoms with Crippen LogP contribution in [0.15, 0.2) is 42.7 Å². The van der Waals surface area contributed by atoms with Gasteiger partial charge in [-0.1, -0.05) is 0 Å². The number of hydrogen-bond acceptors (Lipinski definition) is 3. The quantitative estimate of drug-likeness (QED) is 0.947. The molecule has 0 aliphatic carbocycles. The highest BCUT2D eigenvalue weighted by Crippen LogP contribution is 2.22. The first-order chi connectivity index (χ1) is 10.6. The van der Waals surface area contributed by atoms with E-state index in [2.05, 4.69) is 10.3 Å². The van der Waals surface area contributed by atoms with Gasteiger partial charge < -0.3 is 10.2 Å². The van der Waals surface area contributed by atoms with Crippen molar-refractivity contribution in [3.63, 3.8) is 0 Å². The summed E-state index contributed by atoms with van der Waals surface area (Å²) >= 11 is 0. The van der Waals surface area contributed by atoms with Crippen LogP contribution in [0.4, 0.5) is 11.4 Å². The molecule has 1 N–H and O–H groups in total. The van der Waals surface area contributed by atoms with Gasteiger partial charge in [-0.15, -0.1) is 0 Å². The molecule has 2 heterocycles. The largest absolute Gasteiger partial charge is 0.320 e. The Balaban J connectivity index is 1.74. The molecular formula is C17H17N3O2. The summed E-state index contributed by atoms with van der Waals surface area (Å²) in [4.78, 5) is 29.7. The lowest BCUT2D eigenvalue weighted by atomic mass is 10.1. The average molecular weight is 295 g/mol. The van der Waals surface area contributed by atoms with Crippen molar-refractivity contribution < 1.29 is 9.59 Å². The van der Waals surface area contributed by atoms with Crippen LogP contribution in [0.5, 0.6) is 0 Å². The lowest BCUT2D eigenvalue weighted by molar-refractivity contribution is -0.117. The Morgan fingerprint density at radius 3 is 2.64 bits per heavy atom. The number of nitrogens with zero attached hydrogens (tertiary/aromatic N) is 2. The molecule has 22 heavy (non-hydrogen) atoms. The molecule has 3 rings (SSSR count). The maximum atomic E-state index is 12.2. The van der Waals surface area contributed by atoms with E-state index in [1.165, 1.54) is 0 Å². The molecule has 1 saturated heterocycles. The van der Waals surface area contributed by atoms with Gasteiger partial charge in [0.25, 0.3) is 5.91 Å². The first-order valence-electron chi connectivity index (χ1n) is 7.27. The first-order valence-corrected chi connectivity index (χ1v) is 7.27. The fourth-order valence-corrected chi connectivity index (χ4v) is 2.50. The van der Waals surface area contributed by atoms with Crippen molar-refractivity contribution in [2.45, 2.75) is 19.8 Å². The fraction of sp³-hybridized carbons (Fsp3) is 0.235. The topological polar surface area (TPSA) is 62.3 Å². The van der Waals surface area contributed by atoms with E-state index in [-0.39, 0.29) is 11.8 Å². The van der Waals surface area contributed by atoms with Gasteiger partial charge in [0.15, 0.2) is 0 Å². The molecule has 1 aromatic carbocycles. The van der Waals surface area contributed by atoms with Gasteiger partial charge in [0.05, 0.1) is 11.9 Å². The van der Waals surface area contributed by atoms with Crippen molar-refractivity contribution in [1.82, 2.24) is 4.98 Å². The summed E-state index contributed by atoms with van der Waals surface area (Å²) in [5.74, 6) is -0.0430. The number of amides is 2. The van der Waals surface area contributed by atoms with Crippen molar-refractivity contribution in [3.8, 4) is 0 Å². The van der Waals surface area contributed by atoms with Crippen LogP contribution in [0, 0.1) is 6.92 Å². The minimum absolute atomic E-state index is 0.142. The third-order valence-corrected chi connectivity index (χ3v) is 3.80. The van der Waals surface area contributed by atoms with E-state index in [0.29, 0.717) is 17.7 Å². The maximum Gasteiger partial charge on any atom is 0.255 e.